The lowest BCUT2D eigenvalue weighted by molar-refractivity contribution is -0.117. The summed E-state index contributed by atoms with van der Waals surface area (Å²) in [6.07, 6.45) is 0.386. The molecule has 36 heavy (non-hydrogen) atoms. The van der Waals surface area contributed by atoms with Crippen LogP contribution in [-0.2, 0) is 17.8 Å². The van der Waals surface area contributed by atoms with Crippen molar-refractivity contribution in [1.29, 1.82) is 0 Å². The minimum atomic E-state index is -0.261. The Kier molecular flexibility index (Phi) is 5.92. The SMILES string of the molecule is COc1cccc2c1Oc1c(c(=O)n(-c3ccc(C)c(C)c3)n1CC(=O)Nc1ccc(C)c(C)c1)C2. The van der Waals surface area contributed by atoms with E-state index in [0.29, 0.717) is 40.7 Å². The highest BCUT2D eigenvalue weighted by Crippen LogP contribution is 2.41. The fourth-order valence-corrected chi connectivity index (χ4v) is 4.52. The molecule has 7 heteroatoms. The highest BCUT2D eigenvalue weighted by molar-refractivity contribution is 5.90. The Bertz CT molecular complexity index is 1560. The Morgan fingerprint density at radius 1 is 0.972 bits per heavy atom. The van der Waals surface area contributed by atoms with Gasteiger partial charge < -0.3 is 14.8 Å². The largest absolute Gasteiger partial charge is 0.493 e. The van der Waals surface area contributed by atoms with Gasteiger partial charge in [-0.1, -0.05) is 24.3 Å². The molecule has 0 unspecified atom stereocenters. The summed E-state index contributed by atoms with van der Waals surface area (Å²) in [4.78, 5) is 26.9. The molecule has 2 heterocycles. The fourth-order valence-electron chi connectivity index (χ4n) is 4.52. The third-order valence-corrected chi connectivity index (χ3v) is 6.85. The van der Waals surface area contributed by atoms with E-state index in [1.807, 2.05) is 82.3 Å². The van der Waals surface area contributed by atoms with Gasteiger partial charge in [-0.2, -0.15) is 0 Å². The van der Waals surface area contributed by atoms with E-state index in [-0.39, 0.29) is 18.0 Å². The van der Waals surface area contributed by atoms with Crippen LogP contribution in [0.25, 0.3) is 5.69 Å². The van der Waals surface area contributed by atoms with E-state index in [0.717, 1.165) is 27.8 Å². The first-order valence-electron chi connectivity index (χ1n) is 11.9. The standard InChI is InChI=1S/C29H29N3O4/c1-17-9-11-22(13-19(17)3)30-26(33)16-31-29-24(15-21-7-6-8-25(35-5)27(21)36-29)28(34)32(31)23-12-10-18(2)20(4)14-23/h6-14H,15-16H2,1-5H3,(H,30,33). The molecule has 0 atom stereocenters. The van der Waals surface area contributed by atoms with E-state index in [1.54, 1.807) is 11.8 Å². The Morgan fingerprint density at radius 3 is 2.39 bits per heavy atom. The van der Waals surface area contributed by atoms with Crippen LogP contribution in [0.3, 0.4) is 0 Å². The van der Waals surface area contributed by atoms with Crippen molar-refractivity contribution in [2.45, 2.75) is 40.7 Å². The second-order valence-electron chi connectivity index (χ2n) is 9.30. The zero-order valence-electron chi connectivity index (χ0n) is 21.1. The molecule has 0 saturated heterocycles. The lowest BCUT2D eigenvalue weighted by atomic mass is 10.0. The summed E-state index contributed by atoms with van der Waals surface area (Å²) in [5, 5.41) is 2.96. The number of nitrogens with one attached hydrogen (secondary N) is 1. The van der Waals surface area contributed by atoms with Crippen LogP contribution >= 0.6 is 0 Å². The van der Waals surface area contributed by atoms with E-state index in [2.05, 4.69) is 5.32 Å². The number of fused-ring (bicyclic) bond motifs is 2. The van der Waals surface area contributed by atoms with E-state index < -0.39 is 0 Å². The fraction of sp³-hybridized carbons (Fsp3) is 0.241. The van der Waals surface area contributed by atoms with E-state index in [4.69, 9.17) is 9.47 Å². The van der Waals surface area contributed by atoms with Gasteiger partial charge in [0.25, 0.3) is 5.56 Å². The number of para-hydroxylation sites is 1. The molecule has 3 aromatic carbocycles. The minimum absolute atomic E-state index is 0.102. The normalized spacial score (nSPS) is 11.9. The molecule has 0 fully saturated rings. The van der Waals surface area contributed by atoms with Gasteiger partial charge in [0.2, 0.25) is 11.8 Å². The first kappa shape index (κ1) is 23.5. The molecule has 7 nitrogen and oxygen atoms in total. The number of aromatic nitrogens is 2. The molecule has 1 aliphatic rings. The van der Waals surface area contributed by atoms with Gasteiger partial charge in [0.15, 0.2) is 11.5 Å². The van der Waals surface area contributed by atoms with Crippen LogP contribution in [0.15, 0.2) is 59.4 Å². The third kappa shape index (κ3) is 4.06. The summed E-state index contributed by atoms with van der Waals surface area (Å²) < 4.78 is 14.9. The highest BCUT2D eigenvalue weighted by atomic mass is 16.5. The maximum Gasteiger partial charge on any atom is 0.278 e. The van der Waals surface area contributed by atoms with Crippen molar-refractivity contribution in [2.24, 2.45) is 0 Å². The monoisotopic (exact) mass is 483 g/mol. The molecule has 1 N–H and O–H groups in total. The molecule has 184 valence electrons. The highest BCUT2D eigenvalue weighted by Gasteiger charge is 2.31. The lowest BCUT2D eigenvalue weighted by Gasteiger charge is -2.21. The van der Waals surface area contributed by atoms with Gasteiger partial charge in [-0.3, -0.25) is 9.59 Å². The van der Waals surface area contributed by atoms with Gasteiger partial charge in [-0.15, -0.1) is 0 Å². The number of hydrogen-bond donors (Lipinski definition) is 1. The van der Waals surface area contributed by atoms with E-state index >= 15 is 0 Å². The number of carbonyl (C=O) groups is 1. The summed E-state index contributed by atoms with van der Waals surface area (Å²) in [5.74, 6) is 1.23. The van der Waals surface area contributed by atoms with Crippen molar-refractivity contribution in [3.8, 4) is 23.1 Å². The molecule has 0 bridgehead atoms. The number of amides is 1. The molecular formula is C29H29N3O4. The van der Waals surface area contributed by atoms with Crippen LogP contribution in [0.2, 0.25) is 0 Å². The summed E-state index contributed by atoms with van der Waals surface area (Å²) in [6, 6.07) is 17.2. The number of carbonyl (C=O) groups excluding carboxylic acids is 1. The second kappa shape index (κ2) is 9.07. The topological polar surface area (TPSA) is 74.5 Å². The predicted octanol–water partition coefficient (Wildman–Crippen LogP) is 5.22. The Balaban J connectivity index is 1.60. The van der Waals surface area contributed by atoms with Crippen LogP contribution in [0.1, 0.15) is 33.4 Å². The van der Waals surface area contributed by atoms with Crippen LogP contribution in [0.4, 0.5) is 5.69 Å². The van der Waals surface area contributed by atoms with E-state index in [1.165, 1.54) is 4.68 Å². The quantitative estimate of drug-likeness (QED) is 0.372. The zero-order valence-corrected chi connectivity index (χ0v) is 21.1. The Labute approximate surface area is 209 Å². The molecule has 1 amide bonds. The predicted molar refractivity (Wildman–Crippen MR) is 140 cm³/mol. The van der Waals surface area contributed by atoms with Crippen molar-refractivity contribution < 1.29 is 14.3 Å². The Hall–Kier alpha value is -4.26. The average molecular weight is 484 g/mol. The number of ether oxygens (including phenoxy) is 2. The lowest BCUT2D eigenvalue weighted by Crippen LogP contribution is -2.27. The maximum absolute atomic E-state index is 13.7. The minimum Gasteiger partial charge on any atom is -0.493 e. The second-order valence-corrected chi connectivity index (χ2v) is 9.30. The Morgan fingerprint density at radius 2 is 1.69 bits per heavy atom. The van der Waals surface area contributed by atoms with Gasteiger partial charge in [-0.25, -0.2) is 9.36 Å². The molecular weight excluding hydrogens is 454 g/mol. The van der Waals surface area contributed by atoms with Crippen molar-refractivity contribution in [3.05, 3.63) is 98.3 Å². The zero-order chi connectivity index (χ0) is 25.6. The van der Waals surface area contributed by atoms with Crippen LogP contribution in [0, 0.1) is 27.7 Å². The molecule has 5 rings (SSSR count). The van der Waals surface area contributed by atoms with Gasteiger partial charge in [0.05, 0.1) is 18.4 Å². The maximum atomic E-state index is 13.7. The van der Waals surface area contributed by atoms with Gasteiger partial charge in [0, 0.05) is 17.7 Å². The van der Waals surface area contributed by atoms with Gasteiger partial charge >= 0.3 is 0 Å². The van der Waals surface area contributed by atoms with Gasteiger partial charge in [-0.05, 0) is 80.3 Å². The number of benzene rings is 3. The molecule has 0 spiro atoms. The van der Waals surface area contributed by atoms with Crippen molar-refractivity contribution >= 4 is 11.6 Å². The molecule has 4 aromatic rings. The number of hydrogen-bond acceptors (Lipinski definition) is 4. The van der Waals surface area contributed by atoms with Gasteiger partial charge in [0.1, 0.15) is 6.54 Å². The molecule has 1 aliphatic heterocycles. The smallest absolute Gasteiger partial charge is 0.278 e. The molecule has 0 aliphatic carbocycles. The van der Waals surface area contributed by atoms with Crippen molar-refractivity contribution in [2.75, 3.05) is 12.4 Å². The first-order chi connectivity index (χ1) is 17.3. The number of aryl methyl sites for hydroxylation is 4. The average Bonchev–Trinajstić information content (AvgIpc) is 3.11. The van der Waals surface area contributed by atoms with Crippen molar-refractivity contribution in [1.82, 2.24) is 9.36 Å². The summed E-state index contributed by atoms with van der Waals surface area (Å²) >= 11 is 0. The number of methoxy groups -OCH3 is 1. The number of anilines is 1. The first-order valence-corrected chi connectivity index (χ1v) is 11.9. The van der Waals surface area contributed by atoms with Crippen molar-refractivity contribution in [3.63, 3.8) is 0 Å². The van der Waals surface area contributed by atoms with Crippen LogP contribution in [-0.4, -0.2) is 22.4 Å². The van der Waals surface area contributed by atoms with E-state index in [9.17, 15) is 9.59 Å². The summed E-state index contributed by atoms with van der Waals surface area (Å²) in [7, 11) is 1.58. The third-order valence-electron chi connectivity index (χ3n) is 6.85. The van der Waals surface area contributed by atoms with Crippen LogP contribution in [0.5, 0.6) is 17.4 Å². The summed E-state index contributed by atoms with van der Waals surface area (Å²) in [6.45, 7) is 7.95. The molecule has 0 saturated carbocycles. The van der Waals surface area contributed by atoms with Crippen LogP contribution < -0.4 is 20.3 Å². The number of rotatable bonds is 5. The molecule has 0 radical (unpaired) electrons. The summed E-state index contributed by atoms with van der Waals surface area (Å²) in [5.41, 5.74) is 6.96. The number of nitrogens with zero attached hydrogens (tertiary/aromatic N) is 2. The molecule has 1 aromatic heterocycles.